The van der Waals surface area contributed by atoms with E-state index < -0.39 is 42.3 Å². The van der Waals surface area contributed by atoms with Gasteiger partial charge in [0, 0.05) is 20.1 Å². The van der Waals surface area contributed by atoms with Crippen LogP contribution >= 0.6 is 0 Å². The minimum atomic E-state index is -0.842. The molecule has 1 aliphatic heterocycles. The van der Waals surface area contributed by atoms with Crippen molar-refractivity contribution in [2.45, 2.75) is 89.5 Å². The van der Waals surface area contributed by atoms with Gasteiger partial charge < -0.3 is 34.9 Å². The number of aliphatic hydroxyl groups excluding tert-OH is 2. The van der Waals surface area contributed by atoms with Gasteiger partial charge in [0.25, 0.3) is 0 Å². The maximum absolute atomic E-state index is 10.2. The van der Waals surface area contributed by atoms with E-state index in [2.05, 4.69) is 0 Å². The highest BCUT2D eigenvalue weighted by molar-refractivity contribution is 4.93. The number of aliphatic hydroxyl groups is 2. The fraction of sp³-hybridized carbons (Fsp3) is 1.00. The summed E-state index contributed by atoms with van der Waals surface area (Å²) in [6, 6.07) is -0.615. The average molecular weight is 335 g/mol. The quantitative estimate of drug-likeness (QED) is 0.590. The van der Waals surface area contributed by atoms with Crippen LogP contribution in [-0.4, -0.2) is 72.4 Å². The molecule has 0 aromatic heterocycles. The maximum Gasteiger partial charge on any atom is 0.161 e. The Morgan fingerprint density at radius 1 is 1.35 bits per heavy atom. The van der Waals surface area contributed by atoms with Gasteiger partial charge in [-0.15, -0.1) is 0 Å². The first-order valence-electron chi connectivity index (χ1n) is 8.25. The van der Waals surface area contributed by atoms with Crippen LogP contribution in [0.2, 0.25) is 0 Å². The zero-order chi connectivity index (χ0) is 17.8. The van der Waals surface area contributed by atoms with Crippen molar-refractivity contribution in [2.24, 2.45) is 5.73 Å². The van der Waals surface area contributed by atoms with E-state index in [0.717, 1.165) is 0 Å². The summed E-state index contributed by atoms with van der Waals surface area (Å²) < 4.78 is 22.4. The molecule has 23 heavy (non-hydrogen) atoms. The van der Waals surface area contributed by atoms with E-state index in [1.54, 1.807) is 27.9 Å². The number of hydrogen-bond donors (Lipinski definition) is 3. The van der Waals surface area contributed by atoms with Crippen LogP contribution in [0.1, 0.15) is 41.0 Å². The molecule has 0 radical (unpaired) electrons. The van der Waals surface area contributed by atoms with Crippen molar-refractivity contribution in [2.75, 3.05) is 13.7 Å². The van der Waals surface area contributed by atoms with E-state index in [4.69, 9.17) is 24.7 Å². The molecule has 1 aliphatic rings. The SMILES string of the molecule is CCO[C@@H](C)C(O)C(N)[C@@H](C)O[C@H]1CC(C)(OC)[C@@H](O)[C@@H](C)O1. The fourth-order valence-corrected chi connectivity index (χ4v) is 2.88. The van der Waals surface area contributed by atoms with Gasteiger partial charge in [0.05, 0.1) is 36.1 Å². The van der Waals surface area contributed by atoms with Gasteiger partial charge in [-0.1, -0.05) is 0 Å². The van der Waals surface area contributed by atoms with Crippen LogP contribution in [0.25, 0.3) is 0 Å². The lowest BCUT2D eigenvalue weighted by atomic mass is 9.88. The molecule has 4 N–H and O–H groups in total. The molecule has 0 aromatic carbocycles. The van der Waals surface area contributed by atoms with Crippen LogP contribution < -0.4 is 5.73 Å². The van der Waals surface area contributed by atoms with Gasteiger partial charge in [-0.3, -0.25) is 0 Å². The summed E-state index contributed by atoms with van der Waals surface area (Å²) in [6.07, 6.45) is -3.00. The van der Waals surface area contributed by atoms with Gasteiger partial charge in [0.1, 0.15) is 6.10 Å². The summed E-state index contributed by atoms with van der Waals surface area (Å²) in [5, 5.41) is 20.4. The lowest BCUT2D eigenvalue weighted by molar-refractivity contribution is -0.289. The lowest BCUT2D eigenvalue weighted by Gasteiger charge is -2.45. The summed E-state index contributed by atoms with van der Waals surface area (Å²) >= 11 is 0. The van der Waals surface area contributed by atoms with Crippen molar-refractivity contribution in [1.82, 2.24) is 0 Å². The average Bonchev–Trinajstić information content (AvgIpc) is 2.51. The smallest absolute Gasteiger partial charge is 0.161 e. The van der Waals surface area contributed by atoms with Crippen molar-refractivity contribution in [1.29, 1.82) is 0 Å². The summed E-state index contributed by atoms with van der Waals surface area (Å²) in [6.45, 7) is 9.53. The molecular weight excluding hydrogens is 302 g/mol. The predicted octanol–water partition coefficient (Wildman–Crippen LogP) is 0.406. The first-order chi connectivity index (χ1) is 10.7. The van der Waals surface area contributed by atoms with Gasteiger partial charge in [-0.2, -0.15) is 0 Å². The van der Waals surface area contributed by atoms with E-state index in [-0.39, 0.29) is 6.10 Å². The molecular formula is C16H33NO6. The zero-order valence-corrected chi connectivity index (χ0v) is 15.1. The Kier molecular flexibility index (Phi) is 7.86. The van der Waals surface area contributed by atoms with Crippen molar-refractivity contribution < 1.29 is 29.2 Å². The molecule has 1 saturated heterocycles. The highest BCUT2D eigenvalue weighted by atomic mass is 16.7. The zero-order valence-electron chi connectivity index (χ0n) is 15.1. The third-order valence-corrected chi connectivity index (χ3v) is 4.69. The molecule has 1 fully saturated rings. The Morgan fingerprint density at radius 3 is 2.48 bits per heavy atom. The van der Waals surface area contributed by atoms with E-state index in [9.17, 15) is 10.2 Å². The highest BCUT2D eigenvalue weighted by Crippen LogP contribution is 2.33. The maximum atomic E-state index is 10.2. The Balaban J connectivity index is 2.64. The van der Waals surface area contributed by atoms with Crippen molar-refractivity contribution >= 4 is 0 Å². The summed E-state index contributed by atoms with van der Waals surface area (Å²) in [7, 11) is 1.56. The molecule has 0 aliphatic carbocycles. The van der Waals surface area contributed by atoms with Crippen molar-refractivity contribution in [3.8, 4) is 0 Å². The molecule has 0 bridgehead atoms. The largest absolute Gasteiger partial charge is 0.389 e. The molecule has 1 heterocycles. The number of rotatable bonds is 8. The number of hydrogen-bond acceptors (Lipinski definition) is 7. The van der Waals surface area contributed by atoms with Gasteiger partial charge in [-0.05, 0) is 34.6 Å². The van der Waals surface area contributed by atoms with Crippen LogP contribution in [0.15, 0.2) is 0 Å². The molecule has 138 valence electrons. The molecule has 8 atom stereocenters. The first kappa shape index (κ1) is 20.8. The fourth-order valence-electron chi connectivity index (χ4n) is 2.88. The monoisotopic (exact) mass is 335 g/mol. The Bertz CT molecular complexity index is 357. The topological polar surface area (TPSA) is 103 Å². The van der Waals surface area contributed by atoms with Crippen LogP contribution in [0.3, 0.4) is 0 Å². The van der Waals surface area contributed by atoms with Gasteiger partial charge in [0.2, 0.25) is 0 Å². The predicted molar refractivity (Wildman–Crippen MR) is 86.0 cm³/mol. The van der Waals surface area contributed by atoms with E-state index in [0.29, 0.717) is 13.0 Å². The Hall–Kier alpha value is -0.280. The summed E-state index contributed by atoms with van der Waals surface area (Å²) in [5.41, 5.74) is 5.33. The van der Waals surface area contributed by atoms with Crippen LogP contribution in [0.5, 0.6) is 0 Å². The molecule has 0 amide bonds. The van der Waals surface area contributed by atoms with Gasteiger partial charge >= 0.3 is 0 Å². The minimum absolute atomic E-state index is 0.377. The van der Waals surface area contributed by atoms with Crippen LogP contribution in [-0.2, 0) is 18.9 Å². The van der Waals surface area contributed by atoms with Gasteiger partial charge in [0.15, 0.2) is 6.29 Å². The Labute approximate surface area is 139 Å². The molecule has 3 unspecified atom stereocenters. The minimum Gasteiger partial charge on any atom is -0.389 e. The Morgan fingerprint density at radius 2 is 1.96 bits per heavy atom. The third kappa shape index (κ3) is 5.09. The third-order valence-electron chi connectivity index (χ3n) is 4.69. The standard InChI is InChI=1S/C16H33NO6/c1-7-21-10(3)14(18)13(17)9(2)22-12-8-16(5,20-6)15(19)11(4)23-12/h9-15,18-19H,7-8,17H2,1-6H3/t9-,10+,11-,12-,13?,14?,15+,16?/m1/s1. The van der Waals surface area contributed by atoms with E-state index in [1.165, 1.54) is 0 Å². The van der Waals surface area contributed by atoms with Crippen LogP contribution in [0.4, 0.5) is 0 Å². The van der Waals surface area contributed by atoms with E-state index in [1.807, 2.05) is 13.8 Å². The first-order valence-corrected chi connectivity index (χ1v) is 8.25. The summed E-state index contributed by atoms with van der Waals surface area (Å²) in [5.74, 6) is 0. The van der Waals surface area contributed by atoms with Crippen molar-refractivity contribution in [3.63, 3.8) is 0 Å². The molecule has 7 heteroatoms. The molecule has 0 aromatic rings. The number of methoxy groups -OCH3 is 1. The molecule has 0 saturated carbocycles. The second kappa shape index (κ2) is 8.71. The highest BCUT2D eigenvalue weighted by Gasteiger charge is 2.46. The number of nitrogens with two attached hydrogens (primary N) is 1. The summed E-state index contributed by atoms with van der Waals surface area (Å²) in [4.78, 5) is 0. The van der Waals surface area contributed by atoms with Crippen molar-refractivity contribution in [3.05, 3.63) is 0 Å². The molecule has 0 spiro atoms. The van der Waals surface area contributed by atoms with Crippen LogP contribution in [0, 0.1) is 0 Å². The molecule has 1 rings (SSSR count). The number of ether oxygens (including phenoxy) is 4. The second-order valence-corrected chi connectivity index (χ2v) is 6.51. The lowest BCUT2D eigenvalue weighted by Crippen LogP contribution is -2.58. The second-order valence-electron chi connectivity index (χ2n) is 6.51. The van der Waals surface area contributed by atoms with E-state index >= 15 is 0 Å². The van der Waals surface area contributed by atoms with Gasteiger partial charge in [-0.25, -0.2) is 0 Å². The normalized spacial score (nSPS) is 37.2. The molecule has 7 nitrogen and oxygen atoms in total.